The van der Waals surface area contributed by atoms with Gasteiger partial charge in [0.15, 0.2) is 5.69 Å². The van der Waals surface area contributed by atoms with Crippen LogP contribution in [-0.4, -0.2) is 28.5 Å². The first-order chi connectivity index (χ1) is 8.97. The molecule has 0 unspecified atom stereocenters. The van der Waals surface area contributed by atoms with Gasteiger partial charge in [-0.15, -0.1) is 0 Å². The summed E-state index contributed by atoms with van der Waals surface area (Å²) in [5, 5.41) is 2.83. The quantitative estimate of drug-likeness (QED) is 0.407. The summed E-state index contributed by atoms with van der Waals surface area (Å²) < 4.78 is 37.8. The maximum atomic E-state index is 12.6. The van der Waals surface area contributed by atoms with Gasteiger partial charge in [0.1, 0.15) is 5.82 Å². The number of aromatic nitrogens is 2. The Hall–Kier alpha value is -1.22. The molecule has 0 spiro atoms. The lowest BCUT2D eigenvalue weighted by molar-refractivity contribution is -0.141. The second-order valence-corrected chi connectivity index (χ2v) is 4.72. The van der Waals surface area contributed by atoms with Crippen LogP contribution in [0.1, 0.15) is 18.5 Å². The summed E-state index contributed by atoms with van der Waals surface area (Å²) in [6.45, 7) is 0.554. The molecule has 0 saturated carbocycles. The van der Waals surface area contributed by atoms with E-state index in [0.717, 1.165) is 24.7 Å². The zero-order valence-corrected chi connectivity index (χ0v) is 11.2. The molecule has 1 heterocycles. The van der Waals surface area contributed by atoms with E-state index in [4.69, 9.17) is 5.84 Å². The molecule has 0 aliphatic heterocycles. The second-order valence-electron chi connectivity index (χ2n) is 3.73. The van der Waals surface area contributed by atoms with Gasteiger partial charge < -0.3 is 5.32 Å². The monoisotopic (exact) mass is 295 g/mol. The topological polar surface area (TPSA) is 75.9 Å². The average Bonchev–Trinajstić information content (AvgIpc) is 2.37. The van der Waals surface area contributed by atoms with Gasteiger partial charge in [-0.2, -0.15) is 29.9 Å². The number of nitrogens with two attached hydrogens (primary N) is 1. The van der Waals surface area contributed by atoms with Crippen molar-refractivity contribution in [3.63, 3.8) is 0 Å². The van der Waals surface area contributed by atoms with Crippen LogP contribution in [0, 0.1) is 0 Å². The lowest BCUT2D eigenvalue weighted by atomic mass is 10.3. The summed E-state index contributed by atoms with van der Waals surface area (Å²) in [5.74, 6) is 5.92. The fourth-order valence-electron chi connectivity index (χ4n) is 1.34. The number of thioether (sulfide) groups is 1. The molecule has 0 aliphatic carbocycles. The van der Waals surface area contributed by atoms with Crippen LogP contribution >= 0.6 is 11.8 Å². The summed E-state index contributed by atoms with van der Waals surface area (Å²) in [6.07, 6.45) is -0.665. The number of alkyl halides is 3. The Kier molecular flexibility index (Phi) is 6.16. The van der Waals surface area contributed by atoms with Crippen molar-refractivity contribution in [3.8, 4) is 0 Å². The number of hydrazine groups is 1. The van der Waals surface area contributed by atoms with Gasteiger partial charge >= 0.3 is 6.18 Å². The molecule has 1 rings (SSSR count). The van der Waals surface area contributed by atoms with E-state index in [1.54, 1.807) is 11.8 Å². The highest BCUT2D eigenvalue weighted by Crippen LogP contribution is 2.29. The van der Waals surface area contributed by atoms with E-state index in [0.29, 0.717) is 6.54 Å². The number of nitrogen functional groups attached to an aromatic ring is 1. The number of anilines is 2. The number of nitrogens with one attached hydrogen (secondary N) is 2. The van der Waals surface area contributed by atoms with E-state index < -0.39 is 11.9 Å². The maximum Gasteiger partial charge on any atom is 0.433 e. The van der Waals surface area contributed by atoms with Crippen molar-refractivity contribution in [3.05, 3.63) is 11.8 Å². The normalized spacial score (nSPS) is 11.4. The van der Waals surface area contributed by atoms with E-state index in [9.17, 15) is 13.2 Å². The van der Waals surface area contributed by atoms with Gasteiger partial charge in [0, 0.05) is 12.6 Å². The molecule has 1 aromatic heterocycles. The van der Waals surface area contributed by atoms with Gasteiger partial charge in [0.05, 0.1) is 0 Å². The molecule has 0 amide bonds. The summed E-state index contributed by atoms with van der Waals surface area (Å²) >= 11 is 1.73. The molecule has 0 atom stereocenters. The van der Waals surface area contributed by atoms with Gasteiger partial charge in [-0.05, 0) is 24.9 Å². The third-order valence-electron chi connectivity index (χ3n) is 2.23. The van der Waals surface area contributed by atoms with Crippen molar-refractivity contribution >= 4 is 23.5 Å². The lowest BCUT2D eigenvalue weighted by Gasteiger charge is -2.11. The van der Waals surface area contributed by atoms with Crippen LogP contribution in [0.15, 0.2) is 6.07 Å². The zero-order chi connectivity index (χ0) is 14.3. The van der Waals surface area contributed by atoms with E-state index in [-0.39, 0.29) is 11.8 Å². The molecule has 5 nitrogen and oxygen atoms in total. The number of unbranched alkanes of at least 4 members (excludes halogenated alkanes) is 1. The van der Waals surface area contributed by atoms with Gasteiger partial charge in [-0.1, -0.05) is 0 Å². The number of rotatable bonds is 7. The Labute approximate surface area is 113 Å². The zero-order valence-electron chi connectivity index (χ0n) is 10.4. The predicted molar refractivity (Wildman–Crippen MR) is 70.9 cm³/mol. The van der Waals surface area contributed by atoms with Crippen LogP contribution < -0.4 is 16.6 Å². The summed E-state index contributed by atoms with van der Waals surface area (Å²) in [4.78, 5) is 7.08. The Balaban J connectivity index is 2.67. The summed E-state index contributed by atoms with van der Waals surface area (Å²) in [7, 11) is 0. The molecule has 0 aromatic carbocycles. The number of nitrogens with zero attached hydrogens (tertiary/aromatic N) is 2. The highest BCUT2D eigenvalue weighted by atomic mass is 32.2. The van der Waals surface area contributed by atoms with Crippen molar-refractivity contribution in [2.24, 2.45) is 5.84 Å². The van der Waals surface area contributed by atoms with Gasteiger partial charge in [0.25, 0.3) is 0 Å². The van der Waals surface area contributed by atoms with E-state index in [2.05, 4.69) is 15.3 Å². The van der Waals surface area contributed by atoms with Crippen LogP contribution in [-0.2, 0) is 6.18 Å². The molecule has 0 fully saturated rings. The minimum Gasteiger partial charge on any atom is -0.370 e. The third kappa shape index (κ3) is 5.52. The molecule has 0 aliphatic rings. The van der Waals surface area contributed by atoms with Crippen molar-refractivity contribution in [1.29, 1.82) is 0 Å². The standard InChI is InChI=1S/C10H16F3N5S/c1-19-5-3-2-4-15-8-6-7(10(11,12)13)16-9(17-8)18-14/h6H,2-5,14H2,1H3,(H2,15,16,17,18). The van der Waals surface area contributed by atoms with Crippen molar-refractivity contribution < 1.29 is 13.2 Å². The highest BCUT2D eigenvalue weighted by Gasteiger charge is 2.33. The lowest BCUT2D eigenvalue weighted by Crippen LogP contribution is -2.17. The Morgan fingerprint density at radius 3 is 2.63 bits per heavy atom. The van der Waals surface area contributed by atoms with E-state index >= 15 is 0 Å². The average molecular weight is 295 g/mol. The summed E-state index contributed by atoms with van der Waals surface area (Å²) in [5.41, 5.74) is 0.999. The number of hydrogen-bond acceptors (Lipinski definition) is 6. The predicted octanol–water partition coefficient (Wildman–Crippen LogP) is 2.34. The van der Waals surface area contributed by atoms with Crippen LogP contribution in [0.3, 0.4) is 0 Å². The SMILES string of the molecule is CSCCCCNc1cc(C(F)(F)F)nc(NN)n1. The smallest absolute Gasteiger partial charge is 0.370 e. The largest absolute Gasteiger partial charge is 0.433 e. The molecular weight excluding hydrogens is 279 g/mol. The highest BCUT2D eigenvalue weighted by molar-refractivity contribution is 7.98. The third-order valence-corrected chi connectivity index (χ3v) is 2.92. The van der Waals surface area contributed by atoms with Crippen LogP contribution in [0.4, 0.5) is 24.9 Å². The summed E-state index contributed by atoms with van der Waals surface area (Å²) in [6, 6.07) is 0.870. The fraction of sp³-hybridized carbons (Fsp3) is 0.600. The molecule has 9 heteroatoms. The first-order valence-corrected chi connectivity index (χ1v) is 7.02. The van der Waals surface area contributed by atoms with Crippen molar-refractivity contribution in [2.75, 3.05) is 29.3 Å². The second kappa shape index (κ2) is 7.39. The van der Waals surface area contributed by atoms with Crippen molar-refractivity contribution in [2.45, 2.75) is 19.0 Å². The molecule has 0 saturated heterocycles. The molecule has 19 heavy (non-hydrogen) atoms. The number of hydrogen-bond donors (Lipinski definition) is 3. The molecule has 4 N–H and O–H groups in total. The fourth-order valence-corrected chi connectivity index (χ4v) is 1.83. The first kappa shape index (κ1) is 15.8. The van der Waals surface area contributed by atoms with Crippen LogP contribution in [0.5, 0.6) is 0 Å². The number of halogens is 3. The Morgan fingerprint density at radius 1 is 1.32 bits per heavy atom. The van der Waals surface area contributed by atoms with Crippen molar-refractivity contribution in [1.82, 2.24) is 9.97 Å². The molecule has 1 aromatic rings. The van der Waals surface area contributed by atoms with Crippen LogP contribution in [0.25, 0.3) is 0 Å². The maximum absolute atomic E-state index is 12.6. The first-order valence-electron chi connectivity index (χ1n) is 5.63. The van der Waals surface area contributed by atoms with Crippen LogP contribution in [0.2, 0.25) is 0 Å². The van der Waals surface area contributed by atoms with E-state index in [1.165, 1.54) is 0 Å². The minimum absolute atomic E-state index is 0.111. The Bertz CT molecular complexity index is 399. The van der Waals surface area contributed by atoms with Gasteiger partial charge in [-0.3, -0.25) is 5.43 Å². The van der Waals surface area contributed by atoms with Gasteiger partial charge in [0.2, 0.25) is 5.95 Å². The van der Waals surface area contributed by atoms with E-state index in [1.807, 2.05) is 11.7 Å². The molecule has 0 bridgehead atoms. The molecular formula is C10H16F3N5S. The molecule has 108 valence electrons. The minimum atomic E-state index is -4.52. The Morgan fingerprint density at radius 2 is 2.05 bits per heavy atom. The van der Waals surface area contributed by atoms with Gasteiger partial charge in [-0.25, -0.2) is 10.8 Å². The molecule has 0 radical (unpaired) electrons.